The molecule has 0 aliphatic carbocycles. The highest BCUT2D eigenvalue weighted by molar-refractivity contribution is 5.96. The molecule has 2 aromatic carbocycles. The van der Waals surface area contributed by atoms with Gasteiger partial charge in [-0.25, -0.2) is 9.78 Å². The average molecular weight is 532 g/mol. The van der Waals surface area contributed by atoms with Crippen molar-refractivity contribution in [3.05, 3.63) is 72.4 Å². The average Bonchev–Trinajstić information content (AvgIpc) is 2.97. The number of hydrogen-bond acceptors (Lipinski definition) is 7. The SMILES string of the molecule is CCOc1ncccc1-c1ccc(N2CCNC[C@H]2CC)c(NC(=O)CCNC(=O)OCc2ccccc2)c1. The van der Waals surface area contributed by atoms with Crippen LogP contribution in [0.5, 0.6) is 5.88 Å². The second-order valence-corrected chi connectivity index (χ2v) is 9.27. The third kappa shape index (κ3) is 7.70. The van der Waals surface area contributed by atoms with Crippen LogP contribution < -0.4 is 25.6 Å². The number of pyridine rings is 1. The van der Waals surface area contributed by atoms with E-state index in [-0.39, 0.29) is 25.5 Å². The molecule has 39 heavy (non-hydrogen) atoms. The molecule has 0 unspecified atom stereocenters. The van der Waals surface area contributed by atoms with Crippen LogP contribution in [0.25, 0.3) is 11.1 Å². The maximum absolute atomic E-state index is 13.0. The third-order valence-corrected chi connectivity index (χ3v) is 6.60. The molecule has 1 fully saturated rings. The summed E-state index contributed by atoms with van der Waals surface area (Å²) in [6.07, 6.45) is 2.24. The van der Waals surface area contributed by atoms with Crippen LogP contribution in [0, 0.1) is 0 Å². The van der Waals surface area contributed by atoms with E-state index in [0.29, 0.717) is 18.5 Å². The lowest BCUT2D eigenvalue weighted by Gasteiger charge is -2.38. The standard InChI is InChI=1S/C30H37N5O4/c1-3-24-20-31-17-18-35(24)27-13-12-23(25-11-8-15-32-29(25)38-4-2)19-26(27)34-28(36)14-16-33-30(37)39-21-22-9-6-5-7-10-22/h5-13,15,19,24,31H,3-4,14,16-18,20-21H2,1-2H3,(H,33,37)(H,34,36)/t24-/m1/s1. The van der Waals surface area contributed by atoms with E-state index >= 15 is 0 Å². The molecule has 2 heterocycles. The third-order valence-electron chi connectivity index (χ3n) is 6.60. The Morgan fingerprint density at radius 2 is 1.95 bits per heavy atom. The molecule has 1 saturated heterocycles. The van der Waals surface area contributed by atoms with Crippen LogP contribution in [0.15, 0.2) is 66.9 Å². The summed E-state index contributed by atoms with van der Waals surface area (Å²) in [6.45, 7) is 7.54. The van der Waals surface area contributed by atoms with Gasteiger partial charge in [0.05, 0.1) is 18.0 Å². The zero-order valence-corrected chi connectivity index (χ0v) is 22.6. The number of carbonyl (C=O) groups excluding carboxylic acids is 2. The number of nitrogens with zero attached hydrogens (tertiary/aromatic N) is 2. The van der Waals surface area contributed by atoms with Crippen molar-refractivity contribution in [3.8, 4) is 17.0 Å². The number of hydrogen-bond donors (Lipinski definition) is 3. The number of rotatable bonds is 11. The molecule has 2 amide bonds. The minimum absolute atomic E-state index is 0.111. The highest BCUT2D eigenvalue weighted by atomic mass is 16.5. The minimum atomic E-state index is -0.555. The molecule has 1 atom stereocenters. The number of benzene rings is 2. The van der Waals surface area contributed by atoms with Gasteiger partial charge in [0.2, 0.25) is 11.8 Å². The Bertz CT molecular complexity index is 1240. The van der Waals surface area contributed by atoms with Gasteiger partial charge in [-0.3, -0.25) is 4.79 Å². The summed E-state index contributed by atoms with van der Waals surface area (Å²) in [4.78, 5) is 31.8. The van der Waals surface area contributed by atoms with Crippen LogP contribution in [-0.2, 0) is 16.1 Å². The van der Waals surface area contributed by atoms with Gasteiger partial charge in [0.25, 0.3) is 0 Å². The van der Waals surface area contributed by atoms with Gasteiger partial charge in [-0.1, -0.05) is 43.3 Å². The number of carbonyl (C=O) groups is 2. The Hall–Kier alpha value is -4.11. The number of aromatic nitrogens is 1. The number of alkyl carbamates (subject to hydrolysis) is 1. The quantitative estimate of drug-likeness (QED) is 0.332. The van der Waals surface area contributed by atoms with Crippen molar-refractivity contribution in [2.24, 2.45) is 0 Å². The van der Waals surface area contributed by atoms with E-state index in [1.54, 1.807) is 6.20 Å². The van der Waals surface area contributed by atoms with Crippen molar-refractivity contribution in [3.63, 3.8) is 0 Å². The van der Waals surface area contributed by atoms with Gasteiger partial charge in [-0.2, -0.15) is 0 Å². The number of nitrogens with one attached hydrogen (secondary N) is 3. The number of ether oxygens (including phenoxy) is 2. The van der Waals surface area contributed by atoms with E-state index in [1.165, 1.54) is 0 Å². The van der Waals surface area contributed by atoms with Gasteiger partial charge in [0, 0.05) is 50.4 Å². The first-order valence-electron chi connectivity index (χ1n) is 13.5. The molecule has 1 aromatic heterocycles. The first-order valence-corrected chi connectivity index (χ1v) is 13.5. The van der Waals surface area contributed by atoms with Crippen LogP contribution in [0.3, 0.4) is 0 Å². The molecule has 1 aliphatic rings. The van der Waals surface area contributed by atoms with Crippen molar-refractivity contribution in [1.82, 2.24) is 15.6 Å². The Labute approximate surface area is 229 Å². The summed E-state index contributed by atoms with van der Waals surface area (Å²) in [5.74, 6) is 0.355. The van der Waals surface area contributed by atoms with Crippen LogP contribution in [0.2, 0.25) is 0 Å². The van der Waals surface area contributed by atoms with E-state index in [2.05, 4.69) is 38.8 Å². The summed E-state index contributed by atoms with van der Waals surface area (Å²) in [5, 5.41) is 9.21. The second kappa shape index (κ2) is 14.2. The number of amides is 2. The van der Waals surface area contributed by atoms with Crippen LogP contribution in [0.1, 0.15) is 32.3 Å². The van der Waals surface area contributed by atoms with Gasteiger partial charge in [0.15, 0.2) is 0 Å². The molecule has 9 nitrogen and oxygen atoms in total. The fraction of sp³-hybridized carbons (Fsp3) is 0.367. The second-order valence-electron chi connectivity index (χ2n) is 9.27. The van der Waals surface area contributed by atoms with Crippen molar-refractivity contribution >= 4 is 23.4 Å². The highest BCUT2D eigenvalue weighted by Crippen LogP contribution is 2.36. The zero-order valence-electron chi connectivity index (χ0n) is 22.6. The first-order chi connectivity index (χ1) is 19.1. The molecular formula is C30H37N5O4. The summed E-state index contributed by atoms with van der Waals surface area (Å²) in [6, 6.07) is 19.7. The molecule has 1 aliphatic heterocycles. The highest BCUT2D eigenvalue weighted by Gasteiger charge is 2.24. The molecule has 9 heteroatoms. The lowest BCUT2D eigenvalue weighted by atomic mass is 10.0. The Morgan fingerprint density at radius 3 is 2.74 bits per heavy atom. The van der Waals surface area contributed by atoms with Crippen molar-refractivity contribution in [2.45, 2.75) is 39.3 Å². The summed E-state index contributed by atoms with van der Waals surface area (Å²) < 4.78 is 11.0. The maximum Gasteiger partial charge on any atom is 0.407 e. The van der Waals surface area contributed by atoms with Crippen molar-refractivity contribution in [1.29, 1.82) is 0 Å². The smallest absolute Gasteiger partial charge is 0.407 e. The minimum Gasteiger partial charge on any atom is -0.478 e. The van der Waals surface area contributed by atoms with Crippen LogP contribution >= 0.6 is 0 Å². The predicted molar refractivity (Wildman–Crippen MR) is 153 cm³/mol. The fourth-order valence-electron chi connectivity index (χ4n) is 4.62. The van der Waals surface area contributed by atoms with Crippen LogP contribution in [0.4, 0.5) is 16.2 Å². The van der Waals surface area contributed by atoms with E-state index < -0.39 is 6.09 Å². The molecule has 206 valence electrons. The lowest BCUT2D eigenvalue weighted by Crippen LogP contribution is -2.51. The van der Waals surface area contributed by atoms with Gasteiger partial charge in [-0.15, -0.1) is 0 Å². The van der Waals surface area contributed by atoms with E-state index in [9.17, 15) is 9.59 Å². The topological polar surface area (TPSA) is 105 Å². The summed E-state index contributed by atoms with van der Waals surface area (Å²) in [7, 11) is 0. The Kier molecular flexibility index (Phi) is 10.1. The number of anilines is 2. The maximum atomic E-state index is 13.0. The molecule has 0 saturated carbocycles. The normalized spacial score (nSPS) is 14.9. The van der Waals surface area contributed by atoms with Gasteiger partial charge < -0.3 is 30.3 Å². The molecular weight excluding hydrogens is 494 g/mol. The lowest BCUT2D eigenvalue weighted by molar-refractivity contribution is -0.116. The molecule has 0 bridgehead atoms. The fourth-order valence-corrected chi connectivity index (χ4v) is 4.62. The van der Waals surface area contributed by atoms with E-state index in [0.717, 1.165) is 54.1 Å². The predicted octanol–water partition coefficient (Wildman–Crippen LogP) is 4.59. The van der Waals surface area contributed by atoms with E-state index in [1.807, 2.05) is 61.5 Å². The molecule has 0 radical (unpaired) electrons. The monoisotopic (exact) mass is 531 g/mol. The summed E-state index contributed by atoms with van der Waals surface area (Å²) in [5.41, 5.74) is 4.35. The number of piperazine rings is 1. The summed E-state index contributed by atoms with van der Waals surface area (Å²) >= 11 is 0. The molecule has 3 aromatic rings. The van der Waals surface area contributed by atoms with Gasteiger partial charge >= 0.3 is 6.09 Å². The van der Waals surface area contributed by atoms with E-state index in [4.69, 9.17) is 9.47 Å². The molecule has 3 N–H and O–H groups in total. The molecule has 0 spiro atoms. The van der Waals surface area contributed by atoms with Crippen molar-refractivity contribution in [2.75, 3.05) is 43.0 Å². The van der Waals surface area contributed by atoms with Crippen LogP contribution in [-0.4, -0.2) is 55.8 Å². The first kappa shape index (κ1) is 27.9. The molecule has 4 rings (SSSR count). The van der Waals surface area contributed by atoms with Crippen molar-refractivity contribution < 1.29 is 19.1 Å². The largest absolute Gasteiger partial charge is 0.478 e. The van der Waals surface area contributed by atoms with Gasteiger partial charge in [0.1, 0.15) is 6.61 Å². The Morgan fingerprint density at radius 1 is 1.10 bits per heavy atom. The Balaban J connectivity index is 1.46. The van der Waals surface area contributed by atoms with Gasteiger partial charge in [-0.05, 0) is 48.7 Å². The zero-order chi connectivity index (χ0) is 27.5.